The molecule has 6 nitrogen and oxygen atoms in total. The van der Waals surface area contributed by atoms with Gasteiger partial charge in [0.2, 0.25) is 0 Å². The Bertz CT molecular complexity index is 790. The third-order valence-corrected chi connectivity index (χ3v) is 5.19. The molecule has 2 aliphatic rings. The smallest absolute Gasteiger partial charge is 0.317 e. The number of hydrogen-bond donors (Lipinski definition) is 2. The Labute approximate surface area is 136 Å². The molecule has 0 bridgehead atoms. The van der Waals surface area contributed by atoms with Gasteiger partial charge in [0, 0.05) is 24.8 Å². The number of amidine groups is 1. The van der Waals surface area contributed by atoms with E-state index in [-0.39, 0.29) is 16.4 Å². The Morgan fingerprint density at radius 2 is 1.96 bits per heavy atom. The van der Waals surface area contributed by atoms with Gasteiger partial charge in [0.1, 0.15) is 5.82 Å². The van der Waals surface area contributed by atoms with E-state index in [0.29, 0.717) is 0 Å². The predicted octanol–water partition coefficient (Wildman–Crippen LogP) is -0.00574. The number of benzene rings is 1. The van der Waals surface area contributed by atoms with Crippen molar-refractivity contribution in [1.82, 2.24) is 0 Å². The maximum atomic E-state index is 14.4. The number of halogens is 2. The first-order valence-corrected chi connectivity index (χ1v) is 7.08. The Morgan fingerprint density at radius 3 is 2.43 bits per heavy atom. The van der Waals surface area contributed by atoms with Crippen molar-refractivity contribution in [1.29, 1.82) is 10.5 Å². The summed E-state index contributed by atoms with van der Waals surface area (Å²) in [6, 6.07) is 8.28. The van der Waals surface area contributed by atoms with Crippen molar-refractivity contribution in [3.63, 3.8) is 0 Å². The lowest BCUT2D eigenvalue weighted by atomic mass is 9.93. The standard InChI is InChI=1S/C15H12ClFN4O2/c1-22-15(23-2)14(7-19)11(13(14,6-18)12(20)21-15)10-8(16)4-3-5-9(10)17/h3-5,11H,1-2H3,(H2,20,21)/p+1. The zero-order valence-electron chi connectivity index (χ0n) is 12.4. The fourth-order valence-corrected chi connectivity index (χ4v) is 4.10. The molecule has 8 heteroatoms. The van der Waals surface area contributed by atoms with E-state index < -0.39 is 28.5 Å². The second kappa shape index (κ2) is 4.65. The molecule has 0 spiro atoms. The molecule has 1 aliphatic carbocycles. The number of nitrogens with one attached hydrogen (secondary N) is 1. The van der Waals surface area contributed by atoms with Crippen LogP contribution < -0.4 is 10.7 Å². The molecule has 118 valence electrons. The van der Waals surface area contributed by atoms with Gasteiger partial charge in [0.05, 0.1) is 18.1 Å². The molecule has 0 radical (unpaired) electrons. The number of ether oxygens (including phenoxy) is 2. The highest BCUT2D eigenvalue weighted by molar-refractivity contribution is 6.31. The summed E-state index contributed by atoms with van der Waals surface area (Å²) in [6.45, 7) is 0. The molecule has 1 heterocycles. The van der Waals surface area contributed by atoms with Gasteiger partial charge in [-0.05, 0) is 12.1 Å². The van der Waals surface area contributed by atoms with Crippen molar-refractivity contribution in [2.45, 2.75) is 11.8 Å². The van der Waals surface area contributed by atoms with Crippen molar-refractivity contribution in [3.8, 4) is 12.1 Å². The van der Waals surface area contributed by atoms with E-state index in [9.17, 15) is 14.9 Å². The van der Waals surface area contributed by atoms with Gasteiger partial charge >= 0.3 is 5.91 Å². The fourth-order valence-electron chi connectivity index (χ4n) is 3.83. The molecule has 1 aromatic carbocycles. The highest BCUT2D eigenvalue weighted by atomic mass is 35.5. The molecular formula is C15H13ClFN4O2+. The molecule has 1 fully saturated rings. The summed E-state index contributed by atoms with van der Waals surface area (Å²) in [5.74, 6) is -3.21. The zero-order valence-corrected chi connectivity index (χ0v) is 13.1. The van der Waals surface area contributed by atoms with Crippen molar-refractivity contribution >= 4 is 17.4 Å². The third kappa shape index (κ3) is 1.41. The van der Waals surface area contributed by atoms with Crippen LogP contribution in [0.5, 0.6) is 0 Å². The van der Waals surface area contributed by atoms with Gasteiger partial charge < -0.3 is 9.47 Å². The van der Waals surface area contributed by atoms with Gasteiger partial charge in [-0.3, -0.25) is 5.73 Å². The van der Waals surface area contributed by atoms with E-state index in [1.165, 1.54) is 32.4 Å². The Morgan fingerprint density at radius 1 is 1.30 bits per heavy atom. The van der Waals surface area contributed by atoms with Gasteiger partial charge in [-0.25, -0.2) is 9.38 Å². The predicted molar refractivity (Wildman–Crippen MR) is 77.1 cm³/mol. The first-order valence-electron chi connectivity index (χ1n) is 6.70. The van der Waals surface area contributed by atoms with E-state index >= 15 is 0 Å². The first-order chi connectivity index (χ1) is 10.9. The van der Waals surface area contributed by atoms with Gasteiger partial charge in [0.25, 0.3) is 5.84 Å². The number of nitriles is 2. The molecule has 0 saturated heterocycles. The number of hydrogen-bond acceptors (Lipinski definition) is 5. The highest BCUT2D eigenvalue weighted by Crippen LogP contribution is 2.79. The molecule has 1 aliphatic heterocycles. The zero-order chi connectivity index (χ0) is 17.0. The van der Waals surface area contributed by atoms with Crippen molar-refractivity contribution in [2.24, 2.45) is 16.6 Å². The summed E-state index contributed by atoms with van der Waals surface area (Å²) in [7, 11) is 2.63. The quantitative estimate of drug-likeness (QED) is 0.756. The van der Waals surface area contributed by atoms with Crippen molar-refractivity contribution in [3.05, 3.63) is 34.6 Å². The molecule has 1 saturated carbocycles. The van der Waals surface area contributed by atoms with Gasteiger partial charge in [-0.1, -0.05) is 17.7 Å². The van der Waals surface area contributed by atoms with E-state index in [0.717, 1.165) is 0 Å². The molecule has 3 rings (SSSR count). The summed E-state index contributed by atoms with van der Waals surface area (Å²) in [5, 5.41) is 19.7. The second-order valence-electron chi connectivity index (χ2n) is 5.47. The van der Waals surface area contributed by atoms with Crippen LogP contribution in [0, 0.1) is 39.3 Å². The summed E-state index contributed by atoms with van der Waals surface area (Å²) >= 11 is 6.13. The SMILES string of the molecule is COC1(OC)[NH+]=C(N)C2(C#N)C(c3c(F)cccc3Cl)C12C#N. The van der Waals surface area contributed by atoms with Crippen LogP contribution in [0.2, 0.25) is 5.02 Å². The number of nitrogens with two attached hydrogens (primary N) is 1. The van der Waals surface area contributed by atoms with Crippen LogP contribution in [0.4, 0.5) is 4.39 Å². The monoisotopic (exact) mass is 335 g/mol. The van der Waals surface area contributed by atoms with E-state index in [2.05, 4.69) is 11.1 Å². The van der Waals surface area contributed by atoms with Crippen molar-refractivity contribution < 1.29 is 18.9 Å². The minimum absolute atomic E-state index is 0.00503. The van der Waals surface area contributed by atoms with Crippen LogP contribution in [0.25, 0.3) is 0 Å². The molecule has 0 aromatic heterocycles. The average molecular weight is 336 g/mol. The molecule has 3 N–H and O–H groups in total. The fraction of sp³-hybridized carbons (Fsp3) is 0.400. The third-order valence-electron chi connectivity index (χ3n) is 4.86. The maximum absolute atomic E-state index is 14.4. The normalized spacial score (nSPS) is 33.3. The van der Waals surface area contributed by atoms with Crippen LogP contribution in [-0.2, 0) is 9.47 Å². The number of rotatable bonds is 3. The molecule has 0 amide bonds. The topological polar surface area (TPSA) is 106 Å². The molecular weight excluding hydrogens is 323 g/mol. The second-order valence-corrected chi connectivity index (χ2v) is 5.88. The Hall–Kier alpha value is -2.19. The first kappa shape index (κ1) is 15.7. The molecule has 23 heavy (non-hydrogen) atoms. The van der Waals surface area contributed by atoms with Gasteiger partial charge in [-0.2, -0.15) is 10.5 Å². The molecule has 3 atom stereocenters. The van der Waals surface area contributed by atoms with E-state index in [1.807, 2.05) is 6.07 Å². The lowest BCUT2D eigenvalue weighted by Gasteiger charge is -2.27. The van der Waals surface area contributed by atoms with Gasteiger partial charge in [0.15, 0.2) is 10.8 Å². The lowest BCUT2D eigenvalue weighted by Crippen LogP contribution is -2.90. The Kier molecular flexibility index (Phi) is 3.18. The largest absolute Gasteiger partial charge is 0.342 e. The molecule has 3 unspecified atom stereocenters. The minimum Gasteiger partial charge on any atom is -0.317 e. The maximum Gasteiger partial charge on any atom is 0.342 e. The summed E-state index contributed by atoms with van der Waals surface area (Å²) in [4.78, 5) is 2.73. The number of fused-ring (bicyclic) bond motifs is 1. The summed E-state index contributed by atoms with van der Waals surface area (Å²) in [5.41, 5.74) is 2.98. The molecule has 1 aromatic rings. The van der Waals surface area contributed by atoms with Crippen LogP contribution >= 0.6 is 11.6 Å². The van der Waals surface area contributed by atoms with Crippen molar-refractivity contribution in [2.75, 3.05) is 14.2 Å². The lowest BCUT2D eigenvalue weighted by molar-refractivity contribution is -0.687. The summed E-state index contributed by atoms with van der Waals surface area (Å²) < 4.78 is 25.1. The minimum atomic E-state index is -1.67. The highest BCUT2D eigenvalue weighted by Gasteiger charge is 2.97. The van der Waals surface area contributed by atoms with E-state index in [1.54, 1.807) is 0 Å². The summed E-state index contributed by atoms with van der Waals surface area (Å²) in [6.07, 6.45) is 0. The average Bonchev–Trinajstić information content (AvgIpc) is 3.09. The number of methoxy groups -OCH3 is 2. The van der Waals surface area contributed by atoms with Crippen LogP contribution in [0.15, 0.2) is 18.2 Å². The Balaban J connectivity index is 2.33. The van der Waals surface area contributed by atoms with Crippen LogP contribution in [0.3, 0.4) is 0 Å². The van der Waals surface area contributed by atoms with Crippen LogP contribution in [0.1, 0.15) is 11.5 Å². The van der Waals surface area contributed by atoms with Crippen LogP contribution in [-0.4, -0.2) is 26.0 Å². The number of nitrogens with zero attached hydrogens (tertiary/aromatic N) is 2. The van der Waals surface area contributed by atoms with Gasteiger partial charge in [-0.15, -0.1) is 0 Å². The van der Waals surface area contributed by atoms with E-state index in [4.69, 9.17) is 26.8 Å².